The second-order valence-corrected chi connectivity index (χ2v) is 15.2. The highest BCUT2D eigenvalue weighted by Gasteiger charge is 2.18. The molecular formula is C55H33N3. The quantitative estimate of drug-likeness (QED) is 0.165. The van der Waals surface area contributed by atoms with E-state index in [9.17, 15) is 0 Å². The molecule has 0 bridgehead atoms. The highest BCUT2D eigenvalue weighted by Crippen LogP contribution is 2.45. The number of pyridine rings is 1. The van der Waals surface area contributed by atoms with Crippen molar-refractivity contribution in [2.75, 3.05) is 0 Å². The van der Waals surface area contributed by atoms with Crippen molar-refractivity contribution >= 4 is 64.6 Å². The molecule has 2 heterocycles. The normalized spacial score (nSPS) is 11.8. The number of benzene rings is 9. The van der Waals surface area contributed by atoms with E-state index >= 15 is 0 Å². The van der Waals surface area contributed by atoms with E-state index in [1.807, 2.05) is 36.7 Å². The lowest BCUT2D eigenvalue weighted by molar-refractivity contribution is 1.18. The maximum Gasteiger partial charge on any atom is 0.160 e. The highest BCUT2D eigenvalue weighted by molar-refractivity contribution is 6.37. The van der Waals surface area contributed by atoms with Crippen molar-refractivity contribution < 1.29 is 0 Å². The Balaban J connectivity index is 1.11. The Bertz CT molecular complexity index is 3550. The molecule has 0 aliphatic rings. The molecular weight excluding hydrogens is 703 g/mol. The third-order valence-corrected chi connectivity index (χ3v) is 11.8. The summed E-state index contributed by atoms with van der Waals surface area (Å²) in [6.07, 6.45) is 3.72. The molecule has 0 aliphatic heterocycles. The summed E-state index contributed by atoms with van der Waals surface area (Å²) in [5.74, 6) is 0.687. The van der Waals surface area contributed by atoms with E-state index in [0.29, 0.717) is 5.82 Å². The van der Waals surface area contributed by atoms with Crippen LogP contribution in [0.15, 0.2) is 200 Å². The molecule has 0 unspecified atom stereocenters. The van der Waals surface area contributed by atoms with E-state index in [0.717, 1.165) is 44.8 Å². The minimum atomic E-state index is 0.687. The van der Waals surface area contributed by atoms with Crippen LogP contribution in [0.2, 0.25) is 0 Å². The number of hydrogen-bond donors (Lipinski definition) is 0. The second-order valence-electron chi connectivity index (χ2n) is 15.2. The molecule has 0 amide bonds. The predicted octanol–water partition coefficient (Wildman–Crippen LogP) is 14.6. The van der Waals surface area contributed by atoms with Crippen molar-refractivity contribution in [3.8, 4) is 56.2 Å². The van der Waals surface area contributed by atoms with E-state index in [1.165, 1.54) is 70.2 Å². The molecule has 0 spiro atoms. The van der Waals surface area contributed by atoms with E-state index in [1.54, 1.807) is 0 Å². The summed E-state index contributed by atoms with van der Waals surface area (Å²) in [7, 11) is 0. The minimum absolute atomic E-state index is 0.687. The number of rotatable bonds is 5. The fraction of sp³-hybridized carbons (Fsp3) is 0. The van der Waals surface area contributed by atoms with Gasteiger partial charge in [-0.05, 0) is 112 Å². The molecule has 58 heavy (non-hydrogen) atoms. The van der Waals surface area contributed by atoms with E-state index in [4.69, 9.17) is 9.97 Å². The van der Waals surface area contributed by atoms with Crippen molar-refractivity contribution in [3.63, 3.8) is 0 Å². The summed E-state index contributed by atoms with van der Waals surface area (Å²) >= 11 is 0. The average Bonchev–Trinajstić information content (AvgIpc) is 3.30. The van der Waals surface area contributed by atoms with Crippen molar-refractivity contribution in [1.29, 1.82) is 0 Å². The predicted molar refractivity (Wildman–Crippen MR) is 243 cm³/mol. The Kier molecular flexibility index (Phi) is 7.23. The van der Waals surface area contributed by atoms with Crippen LogP contribution in [0.1, 0.15) is 0 Å². The van der Waals surface area contributed by atoms with Crippen LogP contribution < -0.4 is 0 Å². The molecule has 0 radical (unpaired) electrons. The Morgan fingerprint density at radius 1 is 0.293 bits per heavy atom. The van der Waals surface area contributed by atoms with Crippen LogP contribution >= 0.6 is 0 Å². The number of aromatic nitrogens is 3. The molecule has 268 valence electrons. The first-order valence-electron chi connectivity index (χ1n) is 19.7. The first-order chi connectivity index (χ1) is 28.7. The maximum atomic E-state index is 5.23. The summed E-state index contributed by atoms with van der Waals surface area (Å²) in [5, 5.41) is 15.3. The Hall–Kier alpha value is -7.75. The Labute approximate surface area is 334 Å². The summed E-state index contributed by atoms with van der Waals surface area (Å²) in [4.78, 5) is 14.8. The standard InChI is InChI=1S/C55H33N3/c1-2-11-37(12-3-1)55-57-49(32-50(58-55)44-20-5-4-19-43(44)41-18-10-28-56-33-41)39-17-6-16-38(29-39)42-30-40-27-26-36-14-8-22-46-45-21-7-13-34-24-25-35-15-9-23-47(53(35)51(34)45)48(31-42)54(40)52(36)46/h1-33H. The van der Waals surface area contributed by atoms with Gasteiger partial charge < -0.3 is 0 Å². The van der Waals surface area contributed by atoms with Crippen LogP contribution in [0.25, 0.3) is 121 Å². The molecule has 10 aromatic carbocycles. The van der Waals surface area contributed by atoms with E-state index in [-0.39, 0.29) is 0 Å². The summed E-state index contributed by atoms with van der Waals surface area (Å²) in [6.45, 7) is 0. The molecule has 0 saturated carbocycles. The van der Waals surface area contributed by atoms with E-state index in [2.05, 4.69) is 169 Å². The summed E-state index contributed by atoms with van der Waals surface area (Å²) < 4.78 is 0. The van der Waals surface area contributed by atoms with Crippen LogP contribution in [0, 0.1) is 0 Å². The van der Waals surface area contributed by atoms with Crippen molar-refractivity contribution in [2.24, 2.45) is 0 Å². The van der Waals surface area contributed by atoms with Gasteiger partial charge in [-0.3, -0.25) is 4.98 Å². The van der Waals surface area contributed by atoms with Crippen molar-refractivity contribution in [3.05, 3.63) is 200 Å². The van der Waals surface area contributed by atoms with Gasteiger partial charge in [0.05, 0.1) is 11.4 Å². The maximum absolute atomic E-state index is 5.23. The zero-order valence-electron chi connectivity index (χ0n) is 31.4. The zero-order chi connectivity index (χ0) is 38.2. The average molecular weight is 736 g/mol. The summed E-state index contributed by atoms with van der Waals surface area (Å²) in [6, 6.07) is 67.9. The number of hydrogen-bond acceptors (Lipinski definition) is 3. The molecule has 3 heteroatoms. The summed E-state index contributed by atoms with van der Waals surface area (Å²) in [5.41, 5.74) is 9.18. The first kappa shape index (κ1) is 32.5. The lowest BCUT2D eigenvalue weighted by atomic mass is 9.86. The molecule has 0 atom stereocenters. The van der Waals surface area contributed by atoms with Crippen molar-refractivity contribution in [1.82, 2.24) is 15.0 Å². The molecule has 12 rings (SSSR count). The third kappa shape index (κ3) is 5.11. The molecule has 3 nitrogen and oxygen atoms in total. The van der Waals surface area contributed by atoms with Gasteiger partial charge >= 0.3 is 0 Å². The lowest BCUT2D eigenvalue weighted by Gasteiger charge is -2.17. The topological polar surface area (TPSA) is 38.7 Å². The first-order valence-corrected chi connectivity index (χ1v) is 19.7. The fourth-order valence-corrected chi connectivity index (χ4v) is 9.24. The van der Waals surface area contributed by atoms with Gasteiger partial charge in [0.25, 0.3) is 0 Å². The van der Waals surface area contributed by atoms with Crippen molar-refractivity contribution in [2.45, 2.75) is 0 Å². The van der Waals surface area contributed by atoms with Gasteiger partial charge in [-0.25, -0.2) is 9.97 Å². The van der Waals surface area contributed by atoms with E-state index < -0.39 is 0 Å². The molecule has 0 N–H and O–H groups in total. The third-order valence-electron chi connectivity index (χ3n) is 11.8. The monoisotopic (exact) mass is 735 g/mol. The molecule has 2 aromatic heterocycles. The smallest absolute Gasteiger partial charge is 0.160 e. The van der Waals surface area contributed by atoms with Gasteiger partial charge in [-0.1, -0.05) is 158 Å². The largest absolute Gasteiger partial charge is 0.264 e. The van der Waals surface area contributed by atoms with Gasteiger partial charge in [0.2, 0.25) is 0 Å². The molecule has 12 aromatic rings. The lowest BCUT2D eigenvalue weighted by Crippen LogP contribution is -1.97. The van der Waals surface area contributed by atoms with Crippen LogP contribution in [0.5, 0.6) is 0 Å². The number of nitrogens with zero attached hydrogens (tertiary/aromatic N) is 3. The minimum Gasteiger partial charge on any atom is -0.264 e. The number of fused-ring (bicyclic) bond motifs is 2. The van der Waals surface area contributed by atoms with Gasteiger partial charge in [0.1, 0.15) is 0 Å². The van der Waals surface area contributed by atoms with Gasteiger partial charge in [0, 0.05) is 34.6 Å². The van der Waals surface area contributed by atoms with Gasteiger partial charge in [-0.15, -0.1) is 0 Å². The second kappa shape index (κ2) is 12.9. The van der Waals surface area contributed by atoms with Gasteiger partial charge in [0.15, 0.2) is 5.82 Å². The zero-order valence-corrected chi connectivity index (χ0v) is 31.4. The Morgan fingerprint density at radius 2 is 0.845 bits per heavy atom. The molecule has 0 fully saturated rings. The van der Waals surface area contributed by atoms with Crippen LogP contribution in [0.3, 0.4) is 0 Å². The highest BCUT2D eigenvalue weighted by atomic mass is 14.9. The van der Waals surface area contributed by atoms with Crippen LogP contribution in [0.4, 0.5) is 0 Å². The Morgan fingerprint density at radius 3 is 1.53 bits per heavy atom. The molecule has 0 saturated heterocycles. The van der Waals surface area contributed by atoms with Crippen LogP contribution in [-0.2, 0) is 0 Å². The van der Waals surface area contributed by atoms with Gasteiger partial charge in [-0.2, -0.15) is 0 Å². The molecule has 0 aliphatic carbocycles. The SMILES string of the molecule is c1ccc(-c2nc(-c3cccc(-c4cc5ccc6cccc7c8cccc9ccc%10cccc(c(c4)c5c67)c%10c98)c3)cc(-c3ccccc3-c3cccnc3)n2)cc1. The van der Waals surface area contributed by atoms with Crippen LogP contribution in [-0.4, -0.2) is 15.0 Å². The fourth-order valence-electron chi connectivity index (χ4n) is 9.24.